The van der Waals surface area contributed by atoms with Gasteiger partial charge < -0.3 is 14.2 Å². The summed E-state index contributed by atoms with van der Waals surface area (Å²) in [5.41, 5.74) is 2.00. The van der Waals surface area contributed by atoms with Crippen molar-refractivity contribution in [3.8, 4) is 11.4 Å². The molecule has 1 aromatic heterocycles. The average Bonchev–Trinajstić information content (AvgIpc) is 3.05. The van der Waals surface area contributed by atoms with Crippen LogP contribution in [-0.4, -0.2) is 47.9 Å². The van der Waals surface area contributed by atoms with E-state index in [1.807, 2.05) is 31.2 Å². The first-order chi connectivity index (χ1) is 11.6. The first-order valence-corrected chi connectivity index (χ1v) is 8.12. The van der Waals surface area contributed by atoms with Crippen LogP contribution in [0.25, 0.3) is 11.4 Å². The quantitative estimate of drug-likeness (QED) is 0.932. The molecule has 1 N–H and O–H groups in total. The van der Waals surface area contributed by atoms with Crippen molar-refractivity contribution >= 4 is 12.0 Å². The van der Waals surface area contributed by atoms with Crippen LogP contribution in [0, 0.1) is 12.8 Å². The van der Waals surface area contributed by atoms with E-state index >= 15 is 0 Å². The van der Waals surface area contributed by atoms with Crippen molar-refractivity contribution < 1.29 is 14.1 Å². The summed E-state index contributed by atoms with van der Waals surface area (Å²) < 4.78 is 10.6. The lowest BCUT2D eigenvalue weighted by atomic mass is 10.0. The molecule has 0 aliphatic carbocycles. The predicted octanol–water partition coefficient (Wildman–Crippen LogP) is 2.94. The Balaban J connectivity index is 1.57. The molecule has 1 atom stereocenters. The molecule has 7 heteroatoms. The van der Waals surface area contributed by atoms with E-state index in [4.69, 9.17) is 9.26 Å². The minimum Gasteiger partial charge on any atom is -0.381 e. The van der Waals surface area contributed by atoms with Gasteiger partial charge in [0.15, 0.2) is 0 Å². The molecule has 1 saturated heterocycles. The number of nitrogens with one attached hydrogen (secondary N) is 1. The van der Waals surface area contributed by atoms with Crippen LogP contribution < -0.4 is 5.32 Å². The predicted molar refractivity (Wildman–Crippen MR) is 89.7 cm³/mol. The standard InChI is InChI=1S/C17H22N4O3/c1-12-5-7-14(8-6-12)15-18-16(24-20-15)19-17(22)21(2)10-13-4-3-9-23-11-13/h5-8,13H,3-4,9-11H2,1-2H3,(H,18,19,20,22). The van der Waals surface area contributed by atoms with Gasteiger partial charge in [-0.1, -0.05) is 35.0 Å². The van der Waals surface area contributed by atoms with Gasteiger partial charge in [0.25, 0.3) is 0 Å². The number of aromatic nitrogens is 2. The third kappa shape index (κ3) is 4.11. The van der Waals surface area contributed by atoms with Crippen LogP contribution in [0.3, 0.4) is 0 Å². The first kappa shape index (κ1) is 16.4. The number of hydrogen-bond acceptors (Lipinski definition) is 5. The van der Waals surface area contributed by atoms with E-state index in [0.29, 0.717) is 24.9 Å². The molecule has 1 fully saturated rings. The van der Waals surface area contributed by atoms with E-state index in [0.717, 1.165) is 30.6 Å². The lowest BCUT2D eigenvalue weighted by Crippen LogP contribution is -2.37. The topological polar surface area (TPSA) is 80.5 Å². The zero-order valence-electron chi connectivity index (χ0n) is 14.0. The number of urea groups is 1. The van der Waals surface area contributed by atoms with Gasteiger partial charge in [-0.2, -0.15) is 4.98 Å². The SMILES string of the molecule is Cc1ccc(-c2noc(NC(=O)N(C)CC3CCCOC3)n2)cc1. The normalized spacial score (nSPS) is 17.5. The van der Waals surface area contributed by atoms with E-state index in [1.165, 1.54) is 0 Å². The van der Waals surface area contributed by atoms with Crippen molar-refractivity contribution in [2.24, 2.45) is 5.92 Å². The minimum absolute atomic E-state index is 0.0994. The van der Waals surface area contributed by atoms with Gasteiger partial charge >= 0.3 is 12.0 Å². The highest BCUT2D eigenvalue weighted by molar-refractivity contribution is 5.87. The second kappa shape index (κ2) is 7.44. The van der Waals surface area contributed by atoms with E-state index in [1.54, 1.807) is 11.9 Å². The van der Waals surface area contributed by atoms with Crippen LogP contribution in [0.15, 0.2) is 28.8 Å². The fourth-order valence-electron chi connectivity index (χ4n) is 2.70. The molecular formula is C17H22N4O3. The molecular weight excluding hydrogens is 308 g/mol. The molecule has 1 aliphatic heterocycles. The molecule has 0 bridgehead atoms. The molecule has 2 heterocycles. The summed E-state index contributed by atoms with van der Waals surface area (Å²) in [7, 11) is 1.75. The van der Waals surface area contributed by atoms with Gasteiger partial charge in [0.2, 0.25) is 5.82 Å². The molecule has 0 spiro atoms. The average molecular weight is 330 g/mol. The molecule has 1 aliphatic rings. The number of ether oxygens (including phenoxy) is 1. The molecule has 2 amide bonds. The highest BCUT2D eigenvalue weighted by Crippen LogP contribution is 2.19. The highest BCUT2D eigenvalue weighted by atomic mass is 16.5. The second-order valence-corrected chi connectivity index (χ2v) is 6.18. The van der Waals surface area contributed by atoms with Gasteiger partial charge in [-0.25, -0.2) is 4.79 Å². The summed E-state index contributed by atoms with van der Waals surface area (Å²) in [4.78, 5) is 18.1. The highest BCUT2D eigenvalue weighted by Gasteiger charge is 2.20. The number of amides is 2. The molecule has 7 nitrogen and oxygen atoms in total. The van der Waals surface area contributed by atoms with Crippen LogP contribution >= 0.6 is 0 Å². The Bertz CT molecular complexity index is 677. The summed E-state index contributed by atoms with van der Waals surface area (Å²) in [6, 6.07) is 7.62. The maximum absolute atomic E-state index is 12.2. The lowest BCUT2D eigenvalue weighted by Gasteiger charge is -2.26. The van der Waals surface area contributed by atoms with Crippen LogP contribution in [0.5, 0.6) is 0 Å². The fraction of sp³-hybridized carbons (Fsp3) is 0.471. The molecule has 2 aromatic rings. The third-order valence-electron chi connectivity index (χ3n) is 4.08. The fourth-order valence-corrected chi connectivity index (χ4v) is 2.70. The zero-order valence-corrected chi connectivity index (χ0v) is 14.0. The first-order valence-electron chi connectivity index (χ1n) is 8.12. The van der Waals surface area contributed by atoms with Gasteiger partial charge in [-0.05, 0) is 19.8 Å². The third-order valence-corrected chi connectivity index (χ3v) is 4.08. The lowest BCUT2D eigenvalue weighted by molar-refractivity contribution is 0.0464. The van der Waals surface area contributed by atoms with Crippen LogP contribution in [0.1, 0.15) is 18.4 Å². The zero-order chi connectivity index (χ0) is 16.9. The monoisotopic (exact) mass is 330 g/mol. The molecule has 3 rings (SSSR count). The summed E-state index contributed by atoms with van der Waals surface area (Å²) in [6.07, 6.45) is 2.12. The van der Waals surface area contributed by atoms with Crippen molar-refractivity contribution in [1.82, 2.24) is 15.0 Å². The van der Waals surface area contributed by atoms with Crippen molar-refractivity contribution in [3.63, 3.8) is 0 Å². The number of hydrogen-bond donors (Lipinski definition) is 1. The Kier molecular flexibility index (Phi) is 5.10. The Morgan fingerprint density at radius 1 is 1.38 bits per heavy atom. The Morgan fingerprint density at radius 3 is 2.88 bits per heavy atom. The Morgan fingerprint density at radius 2 is 2.17 bits per heavy atom. The maximum Gasteiger partial charge on any atom is 0.329 e. The summed E-state index contributed by atoms with van der Waals surface area (Å²) in [5.74, 6) is 0.828. The molecule has 128 valence electrons. The number of nitrogens with zero attached hydrogens (tertiary/aromatic N) is 3. The maximum atomic E-state index is 12.2. The van der Waals surface area contributed by atoms with Crippen molar-refractivity contribution in [2.75, 3.05) is 32.1 Å². The minimum atomic E-state index is -0.264. The van der Waals surface area contributed by atoms with Crippen molar-refractivity contribution in [3.05, 3.63) is 29.8 Å². The molecule has 0 saturated carbocycles. The number of benzene rings is 1. The second-order valence-electron chi connectivity index (χ2n) is 6.18. The van der Waals surface area contributed by atoms with Gasteiger partial charge in [-0.15, -0.1) is 0 Å². The molecule has 0 radical (unpaired) electrons. The van der Waals surface area contributed by atoms with Crippen LogP contribution in [0.2, 0.25) is 0 Å². The van der Waals surface area contributed by atoms with Gasteiger partial charge in [0.1, 0.15) is 0 Å². The number of carbonyl (C=O) groups is 1. The largest absolute Gasteiger partial charge is 0.381 e. The number of anilines is 1. The molecule has 1 unspecified atom stereocenters. The van der Waals surface area contributed by atoms with Crippen molar-refractivity contribution in [1.29, 1.82) is 0 Å². The van der Waals surface area contributed by atoms with Crippen molar-refractivity contribution in [2.45, 2.75) is 19.8 Å². The summed E-state index contributed by atoms with van der Waals surface area (Å²) in [5, 5.41) is 6.54. The van der Waals surface area contributed by atoms with E-state index in [-0.39, 0.29) is 12.0 Å². The number of aryl methyl sites for hydroxylation is 1. The smallest absolute Gasteiger partial charge is 0.329 e. The van der Waals surface area contributed by atoms with E-state index < -0.39 is 0 Å². The molecule has 1 aromatic carbocycles. The van der Waals surface area contributed by atoms with Gasteiger partial charge in [-0.3, -0.25) is 5.32 Å². The number of rotatable bonds is 4. The molecule has 24 heavy (non-hydrogen) atoms. The van der Waals surface area contributed by atoms with E-state index in [9.17, 15) is 4.79 Å². The van der Waals surface area contributed by atoms with Gasteiger partial charge in [0, 0.05) is 31.7 Å². The Hall–Kier alpha value is -2.41. The Labute approximate surface area is 141 Å². The van der Waals surface area contributed by atoms with Crippen LogP contribution in [-0.2, 0) is 4.74 Å². The number of carbonyl (C=O) groups excluding carboxylic acids is 1. The van der Waals surface area contributed by atoms with E-state index in [2.05, 4.69) is 15.5 Å². The summed E-state index contributed by atoms with van der Waals surface area (Å²) in [6.45, 7) is 4.18. The van der Waals surface area contributed by atoms with Crippen LogP contribution in [0.4, 0.5) is 10.8 Å². The summed E-state index contributed by atoms with van der Waals surface area (Å²) >= 11 is 0. The van der Waals surface area contributed by atoms with Gasteiger partial charge in [0.05, 0.1) is 6.61 Å².